The first-order chi connectivity index (χ1) is 39.3. The number of unbranched alkanes of at least 4 members (excludes halogenated alkanes) is 2. The number of carbonyl (C=O) groups is 10. The molecule has 8 amide bonds. The minimum atomic E-state index is -2.06. The van der Waals surface area contributed by atoms with Crippen LogP contribution < -0.4 is 31.9 Å². The summed E-state index contributed by atoms with van der Waals surface area (Å²) in [6.45, 7) is 3.46. The molecule has 4 aromatic rings. The molecule has 1 saturated heterocycles. The fourth-order valence-electron chi connectivity index (χ4n) is 10.9. The number of benzene rings is 2. The van der Waals surface area contributed by atoms with E-state index in [2.05, 4.69) is 42.2 Å². The number of ether oxygens (including phenoxy) is 2. The summed E-state index contributed by atoms with van der Waals surface area (Å²) in [5, 5.41) is 35.8. The van der Waals surface area contributed by atoms with E-state index < -0.39 is 91.4 Å². The van der Waals surface area contributed by atoms with Crippen molar-refractivity contribution in [2.24, 2.45) is 5.92 Å². The van der Waals surface area contributed by atoms with Gasteiger partial charge in [-0.25, -0.2) is 23.6 Å². The average Bonchev–Trinajstić information content (AvgIpc) is 1.89. The number of pyridine rings is 1. The minimum absolute atomic E-state index is 0.0126. The number of aliphatic hydroxyl groups is 1. The molecule has 82 heavy (non-hydrogen) atoms. The van der Waals surface area contributed by atoms with Gasteiger partial charge in [-0.05, 0) is 67.4 Å². The van der Waals surface area contributed by atoms with Gasteiger partial charge in [-0.15, -0.1) is 5.10 Å². The van der Waals surface area contributed by atoms with E-state index in [0.29, 0.717) is 77.8 Å². The topological polar surface area (TPSA) is 332 Å². The van der Waals surface area contributed by atoms with E-state index in [-0.39, 0.29) is 86.6 Å². The van der Waals surface area contributed by atoms with Gasteiger partial charge in [0.1, 0.15) is 37.4 Å². The number of aryl methyl sites for hydroxylation is 1. The average molecular weight is 1130 g/mol. The zero-order chi connectivity index (χ0) is 58.4. The molecule has 1 fully saturated rings. The molecule has 0 saturated carbocycles. The summed E-state index contributed by atoms with van der Waals surface area (Å²) in [6, 6.07) is 8.40. The van der Waals surface area contributed by atoms with E-state index in [0.717, 1.165) is 16.7 Å². The molecule has 6 heterocycles. The number of likely N-dealkylation sites (tertiary alicyclic amines) is 1. The minimum Gasteiger partial charge on any atom is -0.387 e. The maximum Gasteiger partial charge on any atom is 0.350 e. The van der Waals surface area contributed by atoms with Gasteiger partial charge in [-0.1, -0.05) is 55.8 Å². The number of nitrogens with one attached hydrogen (secondary N) is 6. The van der Waals surface area contributed by atoms with E-state index in [9.17, 15) is 53.1 Å². The Hall–Kier alpha value is -8.78. The van der Waals surface area contributed by atoms with Gasteiger partial charge in [-0.3, -0.25) is 43.3 Å². The van der Waals surface area contributed by atoms with Crippen LogP contribution in [0.25, 0.3) is 16.6 Å². The molecule has 1 unspecified atom stereocenters. The third-order valence-electron chi connectivity index (χ3n) is 15.2. The molecule has 26 heteroatoms. The van der Waals surface area contributed by atoms with Gasteiger partial charge in [0.2, 0.25) is 47.3 Å². The lowest BCUT2D eigenvalue weighted by Gasteiger charge is -2.36. The third kappa shape index (κ3) is 12.7. The molecule has 5 aliphatic rings. The smallest absolute Gasteiger partial charge is 0.350 e. The van der Waals surface area contributed by atoms with Gasteiger partial charge in [0.25, 0.3) is 0 Å². The lowest BCUT2D eigenvalue weighted by atomic mass is 9.81. The van der Waals surface area contributed by atoms with Crippen LogP contribution in [-0.4, -0.2) is 145 Å². The first-order valence-corrected chi connectivity index (χ1v) is 27.2. The quantitative estimate of drug-likeness (QED) is 0.0164. The Kier molecular flexibility index (Phi) is 17.6. The fraction of sp³-hybridized carbons (Fsp3) is 0.446. The highest BCUT2D eigenvalue weighted by atomic mass is 19.1. The van der Waals surface area contributed by atoms with Crippen molar-refractivity contribution in [1.29, 1.82) is 0 Å². The predicted octanol–water partition coefficient (Wildman–Crippen LogP) is 0.391. The molecule has 4 atom stereocenters. The predicted molar refractivity (Wildman–Crippen MR) is 285 cm³/mol. The second kappa shape index (κ2) is 24.9. The monoisotopic (exact) mass is 1130 g/mol. The highest BCUT2D eigenvalue weighted by molar-refractivity contribution is 6.07. The Morgan fingerprint density at radius 3 is 2.46 bits per heavy atom. The molecule has 4 aliphatic heterocycles. The van der Waals surface area contributed by atoms with Crippen molar-refractivity contribution in [2.75, 3.05) is 39.5 Å². The Morgan fingerprint density at radius 2 is 1.71 bits per heavy atom. The summed E-state index contributed by atoms with van der Waals surface area (Å²) in [5.74, 6) is -6.39. The Labute approximate surface area is 469 Å². The summed E-state index contributed by atoms with van der Waals surface area (Å²) in [6.07, 6.45) is 6.12. The number of nitrogens with zero attached hydrogens (tertiary/aromatic N) is 6. The summed E-state index contributed by atoms with van der Waals surface area (Å²) in [7, 11) is 0. The normalized spacial score (nSPS) is 19.2. The second-order valence-corrected chi connectivity index (χ2v) is 20.9. The number of amides is 8. The number of hydrogen-bond donors (Lipinski definition) is 7. The number of rotatable bonds is 24. The molecular formula is C56H63FN12O13. The van der Waals surface area contributed by atoms with Gasteiger partial charge in [0, 0.05) is 60.9 Å². The van der Waals surface area contributed by atoms with Crippen LogP contribution >= 0.6 is 0 Å². The van der Waals surface area contributed by atoms with Crippen molar-refractivity contribution in [2.45, 2.75) is 116 Å². The second-order valence-electron chi connectivity index (χ2n) is 20.9. The van der Waals surface area contributed by atoms with E-state index in [1.165, 1.54) is 21.8 Å². The van der Waals surface area contributed by atoms with Crippen LogP contribution in [0.1, 0.15) is 104 Å². The van der Waals surface area contributed by atoms with Crippen LogP contribution in [0.5, 0.6) is 0 Å². The Morgan fingerprint density at radius 1 is 0.927 bits per heavy atom. The number of fused-ring (bicyclic) bond motifs is 4. The summed E-state index contributed by atoms with van der Waals surface area (Å²) < 4.78 is 27.1. The Balaban J connectivity index is 0.717. The van der Waals surface area contributed by atoms with Crippen molar-refractivity contribution in [1.82, 2.24) is 61.7 Å². The molecule has 432 valence electrons. The van der Waals surface area contributed by atoms with Gasteiger partial charge in [-0.2, -0.15) is 0 Å². The first kappa shape index (κ1) is 57.9. The molecule has 25 nitrogen and oxygen atoms in total. The lowest BCUT2D eigenvalue weighted by Crippen LogP contribution is -2.52. The van der Waals surface area contributed by atoms with E-state index >= 15 is 4.39 Å². The van der Waals surface area contributed by atoms with E-state index in [1.54, 1.807) is 57.2 Å². The van der Waals surface area contributed by atoms with Crippen LogP contribution in [0, 0.1) is 18.7 Å². The Bertz CT molecular complexity index is 3340. The van der Waals surface area contributed by atoms with Gasteiger partial charge in [0.15, 0.2) is 5.60 Å². The molecule has 7 N–H and O–H groups in total. The van der Waals surface area contributed by atoms with Crippen molar-refractivity contribution < 1.29 is 66.9 Å². The molecule has 2 aromatic heterocycles. The largest absolute Gasteiger partial charge is 0.387 e. The third-order valence-corrected chi connectivity index (χ3v) is 15.2. The zero-order valence-corrected chi connectivity index (χ0v) is 45.5. The van der Waals surface area contributed by atoms with Gasteiger partial charge in [0.05, 0.1) is 60.9 Å². The van der Waals surface area contributed by atoms with E-state index in [4.69, 9.17) is 14.5 Å². The SMILES string of the molecule is CC[C@@]1(O)C(=O)OC(=O)C2=C1C=C1c3nc4cc(F)c(C)c5c4c(c3CN1C2)[C@@H](NC(=O)COCNC(=O)CNC(=O)[C@H](Cc1ccccc1)NC(=O)CNC(=O)Cn1cc(CNC(=O)CCCCCN2C(=O)CC(C)C2=O)nn1)CC5. The van der Waals surface area contributed by atoms with Crippen LogP contribution in [0.2, 0.25) is 0 Å². The van der Waals surface area contributed by atoms with Crippen LogP contribution in [0.4, 0.5) is 4.39 Å². The summed E-state index contributed by atoms with van der Waals surface area (Å²) in [4.78, 5) is 136. The molecule has 0 spiro atoms. The molecule has 1 aliphatic carbocycles. The highest BCUT2D eigenvalue weighted by Gasteiger charge is 2.50. The molecular weight excluding hydrogens is 1070 g/mol. The zero-order valence-electron chi connectivity index (χ0n) is 45.5. The molecule has 0 bridgehead atoms. The van der Waals surface area contributed by atoms with Crippen molar-refractivity contribution >= 4 is 75.8 Å². The fourth-order valence-corrected chi connectivity index (χ4v) is 10.9. The lowest BCUT2D eigenvalue weighted by molar-refractivity contribution is -0.172. The molecule has 2 aromatic carbocycles. The van der Waals surface area contributed by atoms with Gasteiger partial charge < -0.3 is 51.4 Å². The first-order valence-electron chi connectivity index (χ1n) is 27.2. The van der Waals surface area contributed by atoms with Gasteiger partial charge >= 0.3 is 11.9 Å². The standard InChI is InChI=1S/C56H63FN12O13/c1-4-56(80)37-19-42-51-36(26-67(42)25-35(37)54(78)82-55(56)79)50-39(15-14-34-31(3)38(57)20-40(64-51)49(34)50)62-47(74)28-81-29-61-44(71)22-60-52(76)41(18-32-11-7-5-8-12-32)63-45(72)23-59-46(73)27-68-24-33(65-66-68)21-58-43(70)13-9-6-10-16-69-48(75)17-30(2)53(69)77/h5,7-8,11-12,19-20,24,30,39,41,80H,4,6,9-10,13-18,21-23,25-29H2,1-3H3,(H,58,70)(H,59,73)(H,60,76)(H,61,71)(H,62,74)(H,63,72)/t30?,39-,41-,56-/m0/s1. The van der Waals surface area contributed by atoms with Crippen LogP contribution in [0.15, 0.2) is 59.8 Å². The number of halogens is 1. The summed E-state index contributed by atoms with van der Waals surface area (Å²) >= 11 is 0. The summed E-state index contributed by atoms with van der Waals surface area (Å²) in [5.41, 5.74) is 3.29. The number of aromatic nitrogens is 4. The number of imide groups is 1. The van der Waals surface area contributed by atoms with Crippen molar-refractivity contribution in [3.05, 3.63) is 105 Å². The van der Waals surface area contributed by atoms with Crippen LogP contribution in [-0.2, 0) is 89.9 Å². The number of carbonyl (C=O) groups excluding carboxylic acids is 10. The molecule has 9 rings (SSSR count). The highest BCUT2D eigenvalue weighted by Crippen LogP contribution is 2.48. The number of hydrogen-bond acceptors (Lipinski definition) is 17. The molecule has 0 radical (unpaired) electrons. The van der Waals surface area contributed by atoms with E-state index in [1.807, 2.05) is 4.90 Å². The van der Waals surface area contributed by atoms with Crippen molar-refractivity contribution in [3.8, 4) is 0 Å². The van der Waals surface area contributed by atoms with Crippen molar-refractivity contribution in [3.63, 3.8) is 0 Å². The van der Waals surface area contributed by atoms with Crippen LogP contribution in [0.3, 0.4) is 0 Å². The maximum atomic E-state index is 15.4. The maximum absolute atomic E-state index is 15.4. The number of esters is 2. The number of cyclic esters (lactones) is 2.